The molecule has 54 valence electrons. The zero-order chi connectivity index (χ0) is 6.85. The maximum atomic E-state index is 8.81. The van der Waals surface area contributed by atoms with Crippen LogP contribution in [0.5, 0.6) is 0 Å². The molecular weight excluding hydrogens is 114 g/mol. The van der Waals surface area contributed by atoms with Gasteiger partial charge < -0.3 is 5.11 Å². The predicted molar refractivity (Wildman–Crippen MR) is 37.3 cm³/mol. The molecule has 2 nitrogen and oxygen atoms in total. The number of likely N-dealkylation sites (N-methyl/N-ethyl adjacent to an activating group) is 1. The molecule has 0 bridgehead atoms. The first-order valence-corrected chi connectivity index (χ1v) is 3.58. The van der Waals surface area contributed by atoms with Gasteiger partial charge in [-0.2, -0.15) is 0 Å². The van der Waals surface area contributed by atoms with Crippen molar-refractivity contribution in [3.8, 4) is 0 Å². The fourth-order valence-electron chi connectivity index (χ4n) is 1.42. The number of likely N-dealkylation sites (tertiary alicyclic amines) is 1. The number of rotatable bonds is 1. The van der Waals surface area contributed by atoms with Gasteiger partial charge in [0.05, 0.1) is 6.61 Å². The van der Waals surface area contributed by atoms with Crippen LogP contribution in [0.3, 0.4) is 0 Å². The average Bonchev–Trinajstić information content (AvgIpc) is 2.15. The van der Waals surface area contributed by atoms with Crippen molar-refractivity contribution in [2.24, 2.45) is 0 Å². The Balaban J connectivity index is 2.41. The van der Waals surface area contributed by atoms with Crippen LogP contribution in [-0.2, 0) is 0 Å². The molecule has 1 aliphatic rings. The molecule has 0 radical (unpaired) electrons. The lowest BCUT2D eigenvalue weighted by Gasteiger charge is -2.20. The zero-order valence-corrected chi connectivity index (χ0v) is 6.17. The summed E-state index contributed by atoms with van der Waals surface area (Å²) in [5.74, 6) is 0. The summed E-state index contributed by atoms with van der Waals surface area (Å²) in [6, 6.07) is 1.10. The summed E-state index contributed by atoms with van der Waals surface area (Å²) in [4.78, 5) is 2.25. The van der Waals surface area contributed by atoms with Crippen molar-refractivity contribution >= 4 is 0 Å². The van der Waals surface area contributed by atoms with E-state index in [1.807, 2.05) is 0 Å². The van der Waals surface area contributed by atoms with Crippen molar-refractivity contribution in [1.82, 2.24) is 4.90 Å². The highest BCUT2D eigenvalue weighted by Gasteiger charge is 2.25. The molecule has 0 amide bonds. The lowest BCUT2D eigenvalue weighted by Crippen LogP contribution is -2.32. The van der Waals surface area contributed by atoms with Gasteiger partial charge >= 0.3 is 0 Å². The molecule has 1 fully saturated rings. The fraction of sp³-hybridized carbons (Fsp3) is 1.00. The topological polar surface area (TPSA) is 23.5 Å². The number of aliphatic hydroxyl groups excluding tert-OH is 1. The van der Waals surface area contributed by atoms with Crippen molar-refractivity contribution in [3.63, 3.8) is 0 Å². The first kappa shape index (κ1) is 7.03. The van der Waals surface area contributed by atoms with Crippen molar-refractivity contribution < 1.29 is 5.11 Å². The highest BCUT2D eigenvalue weighted by atomic mass is 16.3. The van der Waals surface area contributed by atoms with E-state index in [9.17, 15) is 0 Å². The van der Waals surface area contributed by atoms with E-state index in [-0.39, 0.29) is 0 Å². The van der Waals surface area contributed by atoms with Crippen molar-refractivity contribution in [2.45, 2.75) is 31.8 Å². The Morgan fingerprint density at radius 2 is 2.22 bits per heavy atom. The van der Waals surface area contributed by atoms with Gasteiger partial charge in [0, 0.05) is 12.1 Å². The molecule has 1 N–H and O–H groups in total. The van der Waals surface area contributed by atoms with E-state index in [1.165, 1.54) is 6.42 Å². The summed E-state index contributed by atoms with van der Waals surface area (Å²) in [5.41, 5.74) is 0. The van der Waals surface area contributed by atoms with Crippen LogP contribution < -0.4 is 0 Å². The third-order valence-corrected chi connectivity index (χ3v) is 2.40. The maximum absolute atomic E-state index is 8.81. The molecule has 0 aromatic carbocycles. The van der Waals surface area contributed by atoms with Crippen molar-refractivity contribution in [1.29, 1.82) is 0 Å². The highest BCUT2D eigenvalue weighted by Crippen LogP contribution is 2.20. The molecule has 0 spiro atoms. The molecule has 0 aromatic heterocycles. The van der Waals surface area contributed by atoms with E-state index in [2.05, 4.69) is 18.9 Å². The molecule has 0 aliphatic carbocycles. The largest absolute Gasteiger partial charge is 0.395 e. The second-order valence-corrected chi connectivity index (χ2v) is 2.93. The fourth-order valence-corrected chi connectivity index (χ4v) is 1.42. The molecule has 1 rings (SSSR count). The van der Waals surface area contributed by atoms with Gasteiger partial charge in [0.15, 0.2) is 0 Å². The van der Waals surface area contributed by atoms with Crippen molar-refractivity contribution in [3.05, 3.63) is 0 Å². The van der Waals surface area contributed by atoms with Gasteiger partial charge in [0.25, 0.3) is 0 Å². The van der Waals surface area contributed by atoms with Crippen LogP contribution >= 0.6 is 0 Å². The first-order valence-electron chi connectivity index (χ1n) is 3.58. The number of nitrogens with zero attached hydrogens (tertiary/aromatic N) is 1. The van der Waals surface area contributed by atoms with Gasteiger partial charge in [-0.15, -0.1) is 0 Å². The van der Waals surface area contributed by atoms with E-state index >= 15 is 0 Å². The van der Waals surface area contributed by atoms with E-state index in [0.29, 0.717) is 18.7 Å². The third kappa shape index (κ3) is 1.25. The predicted octanol–water partition coefficient (Wildman–Crippen LogP) is 0.461. The van der Waals surface area contributed by atoms with Crippen LogP contribution in [0, 0.1) is 0 Å². The Labute approximate surface area is 56.5 Å². The Kier molecular flexibility index (Phi) is 2.09. The zero-order valence-electron chi connectivity index (χ0n) is 6.17. The van der Waals surface area contributed by atoms with Crippen LogP contribution in [0.1, 0.15) is 19.8 Å². The second-order valence-electron chi connectivity index (χ2n) is 2.93. The van der Waals surface area contributed by atoms with Gasteiger partial charge in [-0.25, -0.2) is 0 Å². The van der Waals surface area contributed by atoms with Gasteiger partial charge in [0.1, 0.15) is 0 Å². The Hall–Kier alpha value is -0.0800. The van der Waals surface area contributed by atoms with Crippen molar-refractivity contribution in [2.75, 3.05) is 13.7 Å². The quantitative estimate of drug-likeness (QED) is 0.556. The normalized spacial score (nSPS) is 37.7. The van der Waals surface area contributed by atoms with Gasteiger partial charge in [-0.05, 0) is 26.8 Å². The average molecular weight is 129 g/mol. The molecule has 0 aromatic rings. The Morgan fingerprint density at radius 1 is 1.56 bits per heavy atom. The Morgan fingerprint density at radius 3 is 2.44 bits per heavy atom. The van der Waals surface area contributed by atoms with Crippen LogP contribution in [-0.4, -0.2) is 35.7 Å². The number of hydrogen-bond acceptors (Lipinski definition) is 2. The minimum Gasteiger partial charge on any atom is -0.395 e. The minimum absolute atomic E-state index is 0.320. The van der Waals surface area contributed by atoms with Crippen LogP contribution in [0.15, 0.2) is 0 Å². The van der Waals surface area contributed by atoms with E-state index in [4.69, 9.17) is 5.11 Å². The van der Waals surface area contributed by atoms with Gasteiger partial charge in [-0.3, -0.25) is 4.90 Å². The first-order chi connectivity index (χ1) is 4.25. The summed E-state index contributed by atoms with van der Waals surface area (Å²) < 4.78 is 0. The maximum Gasteiger partial charge on any atom is 0.0586 e. The molecule has 1 heterocycles. The van der Waals surface area contributed by atoms with E-state index < -0.39 is 0 Å². The highest BCUT2D eigenvalue weighted by molar-refractivity contribution is 4.81. The number of hydrogen-bond donors (Lipinski definition) is 1. The molecular formula is C7H15NO. The molecule has 1 unspecified atom stereocenters. The van der Waals surface area contributed by atoms with Crippen LogP contribution in [0.2, 0.25) is 0 Å². The summed E-state index contributed by atoms with van der Waals surface area (Å²) >= 11 is 0. The second kappa shape index (κ2) is 2.67. The van der Waals surface area contributed by atoms with Gasteiger partial charge in [0.2, 0.25) is 0 Å². The van der Waals surface area contributed by atoms with E-state index in [1.54, 1.807) is 0 Å². The summed E-state index contributed by atoms with van der Waals surface area (Å²) in [7, 11) is 2.08. The summed E-state index contributed by atoms with van der Waals surface area (Å²) in [6.07, 6.45) is 2.40. The lowest BCUT2D eigenvalue weighted by molar-refractivity contribution is 0.161. The monoisotopic (exact) mass is 129 g/mol. The SMILES string of the molecule is C[C@@H]1CCC(CO)N1C. The number of aliphatic hydroxyl groups is 1. The third-order valence-electron chi connectivity index (χ3n) is 2.40. The molecule has 1 aliphatic heterocycles. The molecule has 9 heavy (non-hydrogen) atoms. The molecule has 2 heteroatoms. The lowest BCUT2D eigenvalue weighted by atomic mass is 10.2. The molecule has 2 atom stereocenters. The van der Waals surface area contributed by atoms with E-state index in [0.717, 1.165) is 6.42 Å². The minimum atomic E-state index is 0.320. The van der Waals surface area contributed by atoms with Gasteiger partial charge in [-0.1, -0.05) is 0 Å². The smallest absolute Gasteiger partial charge is 0.0586 e. The Bertz CT molecular complexity index is 94.9. The molecule has 1 saturated heterocycles. The summed E-state index contributed by atoms with van der Waals surface area (Å²) in [5, 5.41) is 8.81. The van der Waals surface area contributed by atoms with Crippen LogP contribution in [0.4, 0.5) is 0 Å². The summed E-state index contributed by atoms with van der Waals surface area (Å²) in [6.45, 7) is 2.52. The molecule has 0 saturated carbocycles. The van der Waals surface area contributed by atoms with Crippen LogP contribution in [0.25, 0.3) is 0 Å². The standard InChI is InChI=1S/C7H15NO/c1-6-3-4-7(5-9)8(6)2/h6-7,9H,3-5H2,1-2H3/t6-,7?/m1/s1.